The van der Waals surface area contributed by atoms with Crippen LogP contribution in [0.5, 0.6) is 0 Å². The number of benzene rings is 1. The van der Waals surface area contributed by atoms with Gasteiger partial charge in [-0.05, 0) is 110 Å². The second-order valence-electron chi connectivity index (χ2n) is 12.7. The average Bonchev–Trinajstić information content (AvgIpc) is 3.25. The first kappa shape index (κ1) is 25.5. The van der Waals surface area contributed by atoms with Crippen molar-refractivity contribution < 1.29 is 19.1 Å². The Morgan fingerprint density at radius 2 is 1.83 bits per heavy atom. The molecule has 4 heteroatoms. The van der Waals surface area contributed by atoms with E-state index in [1.807, 2.05) is 30.3 Å². The highest BCUT2D eigenvalue weighted by Crippen LogP contribution is 2.66. The summed E-state index contributed by atoms with van der Waals surface area (Å²) in [6.07, 6.45) is 14.9. The van der Waals surface area contributed by atoms with Crippen molar-refractivity contribution in [3.05, 3.63) is 48.0 Å². The van der Waals surface area contributed by atoms with Crippen LogP contribution in [0.2, 0.25) is 0 Å². The number of methoxy groups -OCH3 is 1. The fourth-order valence-electron chi connectivity index (χ4n) is 9.08. The third-order valence-corrected chi connectivity index (χ3v) is 11.1. The van der Waals surface area contributed by atoms with Gasteiger partial charge < -0.3 is 9.47 Å². The Bertz CT molecular complexity index is 985. The molecule has 0 spiro atoms. The zero-order chi connectivity index (χ0) is 25.5. The first-order valence-electron chi connectivity index (χ1n) is 14.3. The van der Waals surface area contributed by atoms with Crippen LogP contribution in [0.3, 0.4) is 0 Å². The van der Waals surface area contributed by atoms with E-state index in [1.54, 1.807) is 0 Å². The monoisotopic (exact) mass is 492 g/mol. The molecule has 0 amide bonds. The molecule has 0 aromatic heterocycles. The van der Waals surface area contributed by atoms with Crippen LogP contribution < -0.4 is 0 Å². The number of rotatable bonds is 6. The highest BCUT2D eigenvalue weighted by Gasteiger charge is 2.59. The molecular formula is C32H44O4. The number of hydrogen-bond acceptors (Lipinski definition) is 4. The minimum Gasteiger partial charge on any atom is -0.469 e. The van der Waals surface area contributed by atoms with Crippen LogP contribution >= 0.6 is 0 Å². The Morgan fingerprint density at radius 3 is 2.58 bits per heavy atom. The van der Waals surface area contributed by atoms with E-state index in [4.69, 9.17) is 9.47 Å². The summed E-state index contributed by atoms with van der Waals surface area (Å²) in [5, 5.41) is 0. The summed E-state index contributed by atoms with van der Waals surface area (Å²) in [6.45, 7) is 7.38. The van der Waals surface area contributed by atoms with Gasteiger partial charge in [-0.3, -0.25) is 4.79 Å². The minimum absolute atomic E-state index is 0.0386. The van der Waals surface area contributed by atoms with Crippen LogP contribution in [0.1, 0.15) is 88.9 Å². The Labute approximate surface area is 217 Å². The zero-order valence-corrected chi connectivity index (χ0v) is 22.6. The summed E-state index contributed by atoms with van der Waals surface area (Å²) in [7, 11) is 1.49. The van der Waals surface area contributed by atoms with Crippen molar-refractivity contribution in [2.45, 2.75) is 84.7 Å². The number of hydrogen-bond donors (Lipinski definition) is 0. The molecule has 3 fully saturated rings. The van der Waals surface area contributed by atoms with Crippen LogP contribution in [0.4, 0.5) is 0 Å². The topological polar surface area (TPSA) is 52.6 Å². The standard InChI is InChI=1S/C32H44O4/c1-21(10-15-29(33)35-4)26-13-14-27-25-12-11-23-20-24(36-30(34)22-8-6-5-7-9-22)16-18-31(23,2)28(25)17-19-32(26,27)3/h5-9,17,19,21,23-28H,10-16,18,20H2,1-4H3/t21-,23-,24-,25+,26-,27+,28+,31+,32-/m1/s1. The predicted octanol–water partition coefficient (Wildman–Crippen LogP) is 7.24. The molecule has 3 saturated carbocycles. The predicted molar refractivity (Wildman–Crippen MR) is 141 cm³/mol. The normalized spacial score (nSPS) is 39.9. The fraction of sp³-hybridized carbons (Fsp3) is 0.688. The van der Waals surface area contributed by atoms with E-state index in [0.29, 0.717) is 41.1 Å². The second-order valence-corrected chi connectivity index (χ2v) is 12.7. The van der Waals surface area contributed by atoms with E-state index < -0.39 is 0 Å². The molecule has 0 saturated heterocycles. The fourth-order valence-corrected chi connectivity index (χ4v) is 9.08. The Hall–Kier alpha value is -2.10. The molecule has 4 aliphatic rings. The molecule has 0 unspecified atom stereocenters. The van der Waals surface area contributed by atoms with E-state index in [2.05, 4.69) is 32.9 Å². The van der Waals surface area contributed by atoms with Crippen LogP contribution in [0.25, 0.3) is 0 Å². The lowest BCUT2D eigenvalue weighted by Gasteiger charge is -2.59. The number of ether oxygens (including phenoxy) is 2. The summed E-state index contributed by atoms with van der Waals surface area (Å²) in [5.74, 6) is 3.65. The van der Waals surface area contributed by atoms with Crippen molar-refractivity contribution in [1.82, 2.24) is 0 Å². The van der Waals surface area contributed by atoms with E-state index in [-0.39, 0.29) is 23.5 Å². The molecule has 5 rings (SSSR count). The maximum atomic E-state index is 12.7. The molecular weight excluding hydrogens is 448 g/mol. The van der Waals surface area contributed by atoms with E-state index >= 15 is 0 Å². The van der Waals surface area contributed by atoms with Crippen molar-refractivity contribution in [2.75, 3.05) is 7.11 Å². The number of allylic oxidation sites excluding steroid dienone is 2. The van der Waals surface area contributed by atoms with Crippen molar-refractivity contribution in [1.29, 1.82) is 0 Å². The summed E-state index contributed by atoms with van der Waals surface area (Å²) >= 11 is 0. The van der Waals surface area contributed by atoms with Gasteiger partial charge in [0.05, 0.1) is 12.7 Å². The van der Waals surface area contributed by atoms with E-state index in [0.717, 1.165) is 37.5 Å². The van der Waals surface area contributed by atoms with Gasteiger partial charge in [-0.25, -0.2) is 4.79 Å². The van der Waals surface area contributed by atoms with Crippen LogP contribution in [-0.2, 0) is 14.3 Å². The highest BCUT2D eigenvalue weighted by atomic mass is 16.5. The van der Waals surface area contributed by atoms with Gasteiger partial charge in [-0.2, -0.15) is 0 Å². The molecule has 0 heterocycles. The maximum absolute atomic E-state index is 12.7. The number of fused-ring (bicyclic) bond motifs is 5. The van der Waals surface area contributed by atoms with Crippen molar-refractivity contribution in [3.8, 4) is 0 Å². The molecule has 1 aromatic rings. The number of carbonyl (C=O) groups is 2. The van der Waals surface area contributed by atoms with Crippen LogP contribution in [0, 0.1) is 46.3 Å². The summed E-state index contributed by atoms with van der Waals surface area (Å²) in [4.78, 5) is 24.4. The summed E-state index contributed by atoms with van der Waals surface area (Å²) in [5.41, 5.74) is 1.19. The molecule has 4 aliphatic carbocycles. The zero-order valence-electron chi connectivity index (χ0n) is 22.6. The molecule has 0 N–H and O–H groups in total. The first-order valence-corrected chi connectivity index (χ1v) is 14.3. The minimum atomic E-state index is -0.176. The third-order valence-electron chi connectivity index (χ3n) is 11.1. The molecule has 4 nitrogen and oxygen atoms in total. The van der Waals surface area contributed by atoms with Crippen molar-refractivity contribution in [3.63, 3.8) is 0 Å². The van der Waals surface area contributed by atoms with Gasteiger partial charge in [-0.15, -0.1) is 0 Å². The van der Waals surface area contributed by atoms with Gasteiger partial charge in [0.1, 0.15) is 6.10 Å². The molecule has 0 bridgehead atoms. The molecule has 196 valence electrons. The number of esters is 2. The van der Waals surface area contributed by atoms with Crippen LogP contribution in [0.15, 0.2) is 42.5 Å². The Kier molecular flexibility index (Phi) is 7.09. The van der Waals surface area contributed by atoms with Gasteiger partial charge >= 0.3 is 11.9 Å². The van der Waals surface area contributed by atoms with Gasteiger partial charge in [0, 0.05) is 6.42 Å². The van der Waals surface area contributed by atoms with Gasteiger partial charge in [0.15, 0.2) is 0 Å². The maximum Gasteiger partial charge on any atom is 0.338 e. The second kappa shape index (κ2) is 9.99. The van der Waals surface area contributed by atoms with Crippen molar-refractivity contribution in [2.24, 2.45) is 46.3 Å². The number of carbonyl (C=O) groups excluding carboxylic acids is 2. The lowest BCUT2D eigenvalue weighted by atomic mass is 9.46. The quantitative estimate of drug-likeness (QED) is 0.310. The highest BCUT2D eigenvalue weighted by molar-refractivity contribution is 5.89. The molecule has 36 heavy (non-hydrogen) atoms. The Morgan fingerprint density at radius 1 is 1.06 bits per heavy atom. The Balaban J connectivity index is 1.27. The summed E-state index contributed by atoms with van der Waals surface area (Å²) in [6, 6.07) is 9.41. The van der Waals surface area contributed by atoms with Crippen LogP contribution in [-0.4, -0.2) is 25.2 Å². The van der Waals surface area contributed by atoms with Gasteiger partial charge in [0.2, 0.25) is 0 Å². The lowest BCUT2D eigenvalue weighted by molar-refractivity contribution is -0.141. The molecule has 0 aliphatic heterocycles. The van der Waals surface area contributed by atoms with E-state index in [9.17, 15) is 9.59 Å². The SMILES string of the molecule is COC(=O)CC[C@@H](C)[C@H]1CC[C@H]2[C@@H]3CC[C@@H]4C[C@H](OC(=O)c5ccccc5)CC[C@]4(C)[C@H]3C=C[C@]12C. The lowest BCUT2D eigenvalue weighted by Crippen LogP contribution is -2.52. The smallest absolute Gasteiger partial charge is 0.338 e. The van der Waals surface area contributed by atoms with Crippen molar-refractivity contribution >= 4 is 11.9 Å². The first-order chi connectivity index (χ1) is 17.3. The van der Waals surface area contributed by atoms with Gasteiger partial charge in [0.25, 0.3) is 0 Å². The molecule has 0 radical (unpaired) electrons. The average molecular weight is 493 g/mol. The molecule has 9 atom stereocenters. The largest absolute Gasteiger partial charge is 0.469 e. The third kappa shape index (κ3) is 4.43. The molecule has 1 aromatic carbocycles. The van der Waals surface area contributed by atoms with E-state index in [1.165, 1.54) is 32.8 Å². The summed E-state index contributed by atoms with van der Waals surface area (Å²) < 4.78 is 10.9. The van der Waals surface area contributed by atoms with Gasteiger partial charge in [-0.1, -0.05) is 51.1 Å².